The van der Waals surface area contributed by atoms with Gasteiger partial charge in [0.1, 0.15) is 0 Å². The van der Waals surface area contributed by atoms with Crippen molar-refractivity contribution in [2.24, 2.45) is 5.73 Å². The normalized spacial score (nSPS) is 13.3. The molecule has 20 heavy (non-hydrogen) atoms. The third kappa shape index (κ3) is 3.23. The van der Waals surface area contributed by atoms with Crippen LogP contribution in [0.15, 0.2) is 42.5 Å². The van der Waals surface area contributed by atoms with Crippen molar-refractivity contribution >= 4 is 11.6 Å². The molecule has 0 fully saturated rings. The summed E-state index contributed by atoms with van der Waals surface area (Å²) in [7, 11) is 0. The average molecular weight is 288 g/mol. The fraction of sp³-hybridized carbons (Fsp3) is 0.333. The molecule has 0 aliphatic carbocycles. The molecule has 1 atom stereocenters. The molecule has 0 aliphatic heterocycles. The second-order valence-electron chi connectivity index (χ2n) is 6.35. The summed E-state index contributed by atoms with van der Waals surface area (Å²) in [4.78, 5) is 0. The molecule has 2 rings (SSSR count). The molecule has 1 nitrogen and oxygen atoms in total. The van der Waals surface area contributed by atoms with E-state index >= 15 is 0 Å². The van der Waals surface area contributed by atoms with E-state index in [0.29, 0.717) is 0 Å². The Morgan fingerprint density at radius 1 is 1.00 bits per heavy atom. The number of rotatable bonds is 2. The van der Waals surface area contributed by atoms with E-state index in [4.69, 9.17) is 17.3 Å². The first kappa shape index (κ1) is 15.1. The van der Waals surface area contributed by atoms with Gasteiger partial charge in [0.05, 0.1) is 6.04 Å². The summed E-state index contributed by atoms with van der Waals surface area (Å²) in [6.07, 6.45) is 0. The Morgan fingerprint density at radius 3 is 2.15 bits per heavy atom. The van der Waals surface area contributed by atoms with E-state index in [1.54, 1.807) is 0 Å². The van der Waals surface area contributed by atoms with E-state index in [9.17, 15) is 0 Å². The molecule has 0 amide bonds. The first-order valence-electron chi connectivity index (χ1n) is 6.91. The lowest BCUT2D eigenvalue weighted by molar-refractivity contribution is 0.589. The van der Waals surface area contributed by atoms with Crippen molar-refractivity contribution in [1.29, 1.82) is 0 Å². The summed E-state index contributed by atoms with van der Waals surface area (Å²) in [5, 5.41) is 0.729. The summed E-state index contributed by atoms with van der Waals surface area (Å²) < 4.78 is 0. The number of aryl methyl sites for hydroxylation is 1. The van der Waals surface area contributed by atoms with Crippen LogP contribution in [0.1, 0.15) is 49.1 Å². The minimum atomic E-state index is -0.136. The van der Waals surface area contributed by atoms with Gasteiger partial charge in [-0.15, -0.1) is 0 Å². The topological polar surface area (TPSA) is 26.0 Å². The molecule has 0 aromatic heterocycles. The smallest absolute Gasteiger partial charge is 0.0554 e. The van der Waals surface area contributed by atoms with Crippen molar-refractivity contribution in [3.63, 3.8) is 0 Å². The number of hydrogen-bond donors (Lipinski definition) is 1. The second-order valence-corrected chi connectivity index (χ2v) is 6.79. The maximum Gasteiger partial charge on any atom is 0.0554 e. The van der Waals surface area contributed by atoms with Gasteiger partial charge < -0.3 is 5.73 Å². The van der Waals surface area contributed by atoms with Crippen LogP contribution >= 0.6 is 11.6 Å². The number of benzene rings is 2. The zero-order chi connectivity index (χ0) is 14.9. The van der Waals surface area contributed by atoms with Crippen LogP contribution in [-0.2, 0) is 5.41 Å². The number of hydrogen-bond acceptors (Lipinski definition) is 1. The molecule has 0 saturated carbocycles. The van der Waals surface area contributed by atoms with Gasteiger partial charge in [-0.1, -0.05) is 62.7 Å². The molecule has 1 unspecified atom stereocenters. The van der Waals surface area contributed by atoms with Gasteiger partial charge in [-0.3, -0.25) is 0 Å². The molecule has 0 bridgehead atoms. The predicted octanol–water partition coefficient (Wildman–Crippen LogP) is 4.99. The van der Waals surface area contributed by atoms with Gasteiger partial charge in [-0.2, -0.15) is 0 Å². The third-order valence-electron chi connectivity index (χ3n) is 3.71. The minimum absolute atomic E-state index is 0.136. The van der Waals surface area contributed by atoms with Gasteiger partial charge in [0.25, 0.3) is 0 Å². The maximum atomic E-state index is 6.39. The molecule has 0 spiro atoms. The lowest BCUT2D eigenvalue weighted by Crippen LogP contribution is -2.15. The zero-order valence-corrected chi connectivity index (χ0v) is 13.3. The lowest BCUT2D eigenvalue weighted by Gasteiger charge is -2.21. The summed E-state index contributed by atoms with van der Waals surface area (Å²) in [6.45, 7) is 8.70. The highest BCUT2D eigenvalue weighted by Gasteiger charge is 2.16. The van der Waals surface area contributed by atoms with E-state index in [0.717, 1.165) is 16.1 Å². The Kier molecular flexibility index (Phi) is 4.22. The molecule has 106 valence electrons. The third-order valence-corrected chi connectivity index (χ3v) is 3.95. The summed E-state index contributed by atoms with van der Waals surface area (Å²) in [6, 6.07) is 14.3. The van der Waals surface area contributed by atoms with Gasteiger partial charge in [0.15, 0.2) is 0 Å². The fourth-order valence-electron chi connectivity index (χ4n) is 2.32. The number of nitrogens with two attached hydrogens (primary N) is 1. The molecule has 0 heterocycles. The molecular weight excluding hydrogens is 266 g/mol. The quantitative estimate of drug-likeness (QED) is 0.827. The first-order chi connectivity index (χ1) is 9.29. The minimum Gasteiger partial charge on any atom is -0.320 e. The van der Waals surface area contributed by atoms with Crippen molar-refractivity contribution in [2.75, 3.05) is 0 Å². The van der Waals surface area contributed by atoms with Crippen LogP contribution in [0.5, 0.6) is 0 Å². The van der Waals surface area contributed by atoms with E-state index < -0.39 is 0 Å². The van der Waals surface area contributed by atoms with Gasteiger partial charge in [-0.25, -0.2) is 0 Å². The summed E-state index contributed by atoms with van der Waals surface area (Å²) in [5.41, 5.74) is 11.2. The van der Waals surface area contributed by atoms with E-state index in [1.807, 2.05) is 18.2 Å². The summed E-state index contributed by atoms with van der Waals surface area (Å²) >= 11 is 6.08. The second kappa shape index (κ2) is 5.59. The van der Waals surface area contributed by atoms with Crippen molar-refractivity contribution in [3.8, 4) is 0 Å². The molecule has 0 saturated heterocycles. The van der Waals surface area contributed by atoms with E-state index in [1.165, 1.54) is 11.1 Å². The molecule has 0 aliphatic rings. The van der Waals surface area contributed by atoms with Crippen LogP contribution in [0, 0.1) is 6.92 Å². The fourth-order valence-corrected chi connectivity index (χ4v) is 2.50. The van der Waals surface area contributed by atoms with Gasteiger partial charge >= 0.3 is 0 Å². The van der Waals surface area contributed by atoms with Crippen molar-refractivity contribution in [1.82, 2.24) is 0 Å². The Labute approximate surface area is 126 Å². The number of halogens is 1. The molecule has 2 N–H and O–H groups in total. The highest BCUT2D eigenvalue weighted by Crippen LogP contribution is 2.28. The zero-order valence-electron chi connectivity index (χ0n) is 12.6. The van der Waals surface area contributed by atoms with Crippen LogP contribution in [0.25, 0.3) is 0 Å². The lowest BCUT2D eigenvalue weighted by atomic mass is 9.85. The molecule has 2 aromatic rings. The standard InChI is InChI=1S/C18H22ClN/c1-12-5-10-15(19)11-16(12)17(20)13-6-8-14(9-7-13)18(2,3)4/h5-11,17H,20H2,1-4H3. The predicted molar refractivity (Wildman–Crippen MR) is 87.4 cm³/mol. The molecular formula is C18H22ClN. The Bertz CT molecular complexity index is 594. The largest absolute Gasteiger partial charge is 0.320 e. The highest BCUT2D eigenvalue weighted by molar-refractivity contribution is 6.30. The van der Waals surface area contributed by atoms with Gasteiger partial charge in [-0.05, 0) is 46.7 Å². The highest BCUT2D eigenvalue weighted by atomic mass is 35.5. The van der Waals surface area contributed by atoms with Crippen LogP contribution in [0.4, 0.5) is 0 Å². The molecule has 2 aromatic carbocycles. The Morgan fingerprint density at radius 2 is 1.60 bits per heavy atom. The van der Waals surface area contributed by atoms with Crippen LogP contribution in [-0.4, -0.2) is 0 Å². The molecule has 2 heteroatoms. The van der Waals surface area contributed by atoms with Crippen molar-refractivity contribution in [2.45, 2.75) is 39.2 Å². The van der Waals surface area contributed by atoms with E-state index in [-0.39, 0.29) is 11.5 Å². The van der Waals surface area contributed by atoms with Crippen LogP contribution in [0.3, 0.4) is 0 Å². The summed E-state index contributed by atoms with van der Waals surface area (Å²) in [5.74, 6) is 0. The monoisotopic (exact) mass is 287 g/mol. The van der Waals surface area contributed by atoms with Gasteiger partial charge in [0.2, 0.25) is 0 Å². The van der Waals surface area contributed by atoms with Crippen LogP contribution < -0.4 is 5.73 Å². The average Bonchev–Trinajstić information content (AvgIpc) is 2.40. The van der Waals surface area contributed by atoms with Crippen molar-refractivity contribution < 1.29 is 0 Å². The first-order valence-corrected chi connectivity index (χ1v) is 7.29. The Hall–Kier alpha value is -1.31. The van der Waals surface area contributed by atoms with Crippen LogP contribution in [0.2, 0.25) is 5.02 Å². The van der Waals surface area contributed by atoms with Crippen molar-refractivity contribution in [3.05, 3.63) is 69.7 Å². The van der Waals surface area contributed by atoms with Gasteiger partial charge in [0, 0.05) is 5.02 Å². The SMILES string of the molecule is Cc1ccc(Cl)cc1C(N)c1ccc(C(C)(C)C)cc1. The molecule has 0 radical (unpaired) electrons. The Balaban J connectivity index is 2.34. The van der Waals surface area contributed by atoms with E-state index in [2.05, 4.69) is 52.0 Å². The maximum absolute atomic E-state index is 6.39.